The molecule has 31 heavy (non-hydrogen) atoms. The van der Waals surface area contributed by atoms with Crippen LogP contribution in [0.5, 0.6) is 0 Å². The van der Waals surface area contributed by atoms with Crippen LogP contribution in [0.2, 0.25) is 0 Å². The van der Waals surface area contributed by atoms with Crippen molar-refractivity contribution in [2.24, 2.45) is 5.41 Å². The van der Waals surface area contributed by atoms with Gasteiger partial charge >= 0.3 is 5.97 Å². The third-order valence-electron chi connectivity index (χ3n) is 5.03. The molecule has 2 amide bonds. The van der Waals surface area contributed by atoms with Crippen molar-refractivity contribution in [3.8, 4) is 0 Å². The fraction of sp³-hybridized carbons (Fsp3) is 0.286. The summed E-state index contributed by atoms with van der Waals surface area (Å²) in [6.45, 7) is -0.585. The normalized spacial score (nSPS) is 14.3. The molecule has 0 heterocycles. The molecule has 1 fully saturated rings. The summed E-state index contributed by atoms with van der Waals surface area (Å²) in [5.74, 6) is -1.83. The van der Waals surface area contributed by atoms with E-state index >= 15 is 0 Å². The lowest BCUT2D eigenvalue weighted by atomic mass is 10.1. The molecule has 0 unspecified atom stereocenters. The lowest BCUT2D eigenvalue weighted by molar-refractivity contribution is -0.156. The van der Waals surface area contributed by atoms with Gasteiger partial charge in [0.2, 0.25) is 5.91 Å². The van der Waals surface area contributed by atoms with Crippen LogP contribution in [0.25, 0.3) is 0 Å². The summed E-state index contributed by atoms with van der Waals surface area (Å²) in [7, 11) is -0.978. The van der Waals surface area contributed by atoms with E-state index in [0.717, 1.165) is 4.31 Å². The summed E-state index contributed by atoms with van der Waals surface area (Å²) >= 11 is 0. The van der Waals surface area contributed by atoms with E-state index in [4.69, 9.17) is 4.74 Å². The monoisotopic (exact) mass is 445 g/mol. The fourth-order valence-corrected chi connectivity index (χ4v) is 4.27. The number of anilines is 2. The first kappa shape index (κ1) is 22.3. The second-order valence-electron chi connectivity index (χ2n) is 7.12. The Kier molecular flexibility index (Phi) is 6.30. The van der Waals surface area contributed by atoms with Gasteiger partial charge in [-0.3, -0.25) is 18.7 Å². The minimum Gasteiger partial charge on any atom is -0.455 e. The zero-order valence-electron chi connectivity index (χ0n) is 17.1. The molecule has 0 saturated heterocycles. The van der Waals surface area contributed by atoms with Gasteiger partial charge in [0.25, 0.3) is 15.9 Å². The minimum atomic E-state index is -3.85. The number of carbonyl (C=O) groups is 3. The van der Waals surface area contributed by atoms with Gasteiger partial charge in [0.05, 0.1) is 10.6 Å². The first-order valence-corrected chi connectivity index (χ1v) is 11.0. The third kappa shape index (κ3) is 4.69. The summed E-state index contributed by atoms with van der Waals surface area (Å²) in [4.78, 5) is 36.1. The zero-order valence-corrected chi connectivity index (χ0v) is 17.9. The topological polar surface area (TPSA) is 122 Å². The molecule has 0 spiro atoms. The largest absolute Gasteiger partial charge is 0.455 e. The van der Waals surface area contributed by atoms with E-state index < -0.39 is 39.8 Å². The molecule has 0 atom stereocenters. The van der Waals surface area contributed by atoms with Crippen molar-refractivity contribution in [1.29, 1.82) is 0 Å². The number of esters is 1. The number of rotatable bonds is 8. The molecule has 0 bridgehead atoms. The van der Waals surface area contributed by atoms with Crippen molar-refractivity contribution in [3.05, 3.63) is 54.6 Å². The van der Waals surface area contributed by atoms with E-state index in [9.17, 15) is 22.8 Å². The number of amides is 2. The molecule has 2 aromatic carbocycles. The van der Waals surface area contributed by atoms with E-state index in [-0.39, 0.29) is 10.6 Å². The van der Waals surface area contributed by atoms with Gasteiger partial charge in [-0.1, -0.05) is 24.3 Å². The summed E-state index contributed by atoms with van der Waals surface area (Å²) in [5, 5.41) is 4.92. The lowest BCUT2D eigenvalue weighted by Gasteiger charge is -2.20. The number of benzene rings is 2. The van der Waals surface area contributed by atoms with Crippen molar-refractivity contribution >= 4 is 39.2 Å². The van der Waals surface area contributed by atoms with Gasteiger partial charge in [0, 0.05) is 19.8 Å². The molecular formula is C21H23N3O6S. The Balaban J connectivity index is 1.64. The summed E-state index contributed by atoms with van der Waals surface area (Å²) < 4.78 is 31.9. The van der Waals surface area contributed by atoms with Gasteiger partial charge < -0.3 is 15.4 Å². The molecule has 1 aliphatic rings. The van der Waals surface area contributed by atoms with Crippen LogP contribution in [0, 0.1) is 5.41 Å². The van der Waals surface area contributed by atoms with Crippen LogP contribution in [0.1, 0.15) is 12.8 Å². The quantitative estimate of drug-likeness (QED) is 0.469. The van der Waals surface area contributed by atoms with Crippen LogP contribution in [0.4, 0.5) is 11.4 Å². The number of hydrogen-bond donors (Lipinski definition) is 2. The minimum absolute atomic E-state index is 0.00908. The smallest absolute Gasteiger partial charge is 0.322 e. The van der Waals surface area contributed by atoms with Crippen molar-refractivity contribution in [3.63, 3.8) is 0 Å². The maximum atomic E-state index is 12.9. The van der Waals surface area contributed by atoms with Crippen molar-refractivity contribution in [1.82, 2.24) is 5.32 Å². The molecule has 2 aromatic rings. The standard InChI is InChI=1S/C21H23N3O6S/c1-22-19(26)21(11-12-21)20(27)30-14-18(25)23-15-7-6-10-17(13-15)31(28,29)24(2)16-8-4-3-5-9-16/h3-10,13H,11-12,14H2,1-2H3,(H,22,26)(H,23,25). The lowest BCUT2D eigenvalue weighted by Crippen LogP contribution is -2.37. The fourth-order valence-electron chi connectivity index (χ4n) is 3.02. The van der Waals surface area contributed by atoms with Crippen LogP contribution in [-0.4, -0.2) is 46.9 Å². The van der Waals surface area contributed by atoms with Crippen molar-refractivity contribution in [2.75, 3.05) is 30.3 Å². The van der Waals surface area contributed by atoms with E-state index in [1.165, 1.54) is 38.4 Å². The number of hydrogen-bond acceptors (Lipinski definition) is 6. The predicted molar refractivity (Wildman–Crippen MR) is 114 cm³/mol. The predicted octanol–water partition coefficient (Wildman–Crippen LogP) is 1.52. The van der Waals surface area contributed by atoms with Crippen LogP contribution < -0.4 is 14.9 Å². The Bertz CT molecular complexity index is 1100. The zero-order chi connectivity index (χ0) is 22.6. The highest BCUT2D eigenvalue weighted by atomic mass is 32.2. The number of carbonyl (C=O) groups excluding carboxylic acids is 3. The van der Waals surface area contributed by atoms with E-state index in [1.54, 1.807) is 30.3 Å². The molecule has 9 nitrogen and oxygen atoms in total. The maximum absolute atomic E-state index is 12.9. The Morgan fingerprint density at radius 3 is 2.35 bits per heavy atom. The molecule has 3 rings (SSSR count). The Morgan fingerprint density at radius 1 is 1.06 bits per heavy atom. The van der Waals surface area contributed by atoms with Crippen LogP contribution >= 0.6 is 0 Å². The molecule has 0 aromatic heterocycles. The third-order valence-corrected chi connectivity index (χ3v) is 6.81. The van der Waals surface area contributed by atoms with Gasteiger partial charge in [-0.05, 0) is 43.2 Å². The molecule has 2 N–H and O–H groups in total. The first-order chi connectivity index (χ1) is 14.7. The number of sulfonamides is 1. The van der Waals surface area contributed by atoms with Crippen LogP contribution in [-0.2, 0) is 29.1 Å². The second kappa shape index (κ2) is 8.76. The Hall–Kier alpha value is -3.40. The highest BCUT2D eigenvalue weighted by Crippen LogP contribution is 2.46. The van der Waals surface area contributed by atoms with E-state index in [2.05, 4.69) is 10.6 Å². The molecule has 0 aliphatic heterocycles. The van der Waals surface area contributed by atoms with Gasteiger partial charge in [-0.25, -0.2) is 8.42 Å². The highest BCUT2D eigenvalue weighted by molar-refractivity contribution is 7.92. The molecule has 10 heteroatoms. The molecular weight excluding hydrogens is 422 g/mol. The van der Waals surface area contributed by atoms with E-state index in [1.807, 2.05) is 0 Å². The van der Waals surface area contributed by atoms with Crippen LogP contribution in [0.15, 0.2) is 59.5 Å². The van der Waals surface area contributed by atoms with Gasteiger partial charge in [-0.2, -0.15) is 0 Å². The highest BCUT2D eigenvalue weighted by Gasteiger charge is 2.57. The SMILES string of the molecule is CNC(=O)C1(C(=O)OCC(=O)Nc2cccc(S(=O)(=O)N(C)c3ccccc3)c2)CC1. The van der Waals surface area contributed by atoms with Gasteiger partial charge in [0.1, 0.15) is 5.41 Å². The number of ether oxygens (including phenoxy) is 1. The Labute approximate surface area is 180 Å². The molecule has 164 valence electrons. The molecule has 1 saturated carbocycles. The van der Waals surface area contributed by atoms with Crippen molar-refractivity contribution in [2.45, 2.75) is 17.7 Å². The average molecular weight is 445 g/mol. The Morgan fingerprint density at radius 2 is 1.74 bits per heavy atom. The van der Waals surface area contributed by atoms with Gasteiger partial charge in [-0.15, -0.1) is 0 Å². The first-order valence-electron chi connectivity index (χ1n) is 9.54. The average Bonchev–Trinajstić information content (AvgIpc) is 3.59. The van der Waals surface area contributed by atoms with E-state index in [0.29, 0.717) is 18.5 Å². The maximum Gasteiger partial charge on any atom is 0.322 e. The second-order valence-corrected chi connectivity index (χ2v) is 9.09. The molecule has 0 radical (unpaired) electrons. The summed E-state index contributed by atoms with van der Waals surface area (Å²) in [6, 6.07) is 14.3. The number of para-hydroxylation sites is 1. The van der Waals surface area contributed by atoms with Gasteiger partial charge in [0.15, 0.2) is 6.61 Å². The molecule has 1 aliphatic carbocycles. The number of nitrogens with one attached hydrogen (secondary N) is 2. The summed E-state index contributed by atoms with van der Waals surface area (Å²) in [6.07, 6.45) is 0.754. The number of nitrogens with zero attached hydrogens (tertiary/aromatic N) is 1. The van der Waals surface area contributed by atoms with Crippen molar-refractivity contribution < 1.29 is 27.5 Å². The van der Waals surface area contributed by atoms with Crippen LogP contribution in [0.3, 0.4) is 0 Å². The summed E-state index contributed by atoms with van der Waals surface area (Å²) in [5.41, 5.74) is -0.476.